The van der Waals surface area contributed by atoms with Crippen LogP contribution < -0.4 is 14.8 Å². The van der Waals surface area contributed by atoms with E-state index in [1.165, 1.54) is 19.2 Å². The minimum atomic E-state index is -3.86. The van der Waals surface area contributed by atoms with Crippen LogP contribution in [0.25, 0.3) is 0 Å². The summed E-state index contributed by atoms with van der Waals surface area (Å²) in [5, 5.41) is 2.94. The van der Waals surface area contributed by atoms with Crippen LogP contribution in [0.1, 0.15) is 45.2 Å². The second-order valence-electron chi connectivity index (χ2n) is 8.43. The highest BCUT2D eigenvalue weighted by Gasteiger charge is 2.26. The fraction of sp³-hybridized carbons (Fsp3) is 0.480. The summed E-state index contributed by atoms with van der Waals surface area (Å²) in [5.41, 5.74) is 2.18. The number of nitrogens with one attached hydrogen (secondary N) is 2. The van der Waals surface area contributed by atoms with Crippen LogP contribution in [0, 0.1) is 5.92 Å². The molecule has 2 aromatic carbocycles. The van der Waals surface area contributed by atoms with Gasteiger partial charge < -0.3 is 10.1 Å². The van der Waals surface area contributed by atoms with Gasteiger partial charge in [-0.3, -0.25) is 9.69 Å². The van der Waals surface area contributed by atoms with Gasteiger partial charge in [-0.05, 0) is 60.8 Å². The number of carbonyl (C=O) groups is 1. The Morgan fingerprint density at radius 2 is 1.61 bits per heavy atom. The third-order valence-electron chi connectivity index (χ3n) is 5.55. The molecule has 0 bridgehead atoms. The molecule has 33 heavy (non-hydrogen) atoms. The van der Waals surface area contributed by atoms with Crippen LogP contribution in [0.2, 0.25) is 0 Å². The summed E-state index contributed by atoms with van der Waals surface area (Å²) in [7, 11) is -2.34. The predicted octanol–water partition coefficient (Wildman–Crippen LogP) is 3.55. The van der Waals surface area contributed by atoms with Crippen LogP contribution in [0.3, 0.4) is 0 Å². The lowest BCUT2D eigenvalue weighted by atomic mass is 10.0. The van der Waals surface area contributed by atoms with E-state index < -0.39 is 16.1 Å². The van der Waals surface area contributed by atoms with Crippen molar-refractivity contribution >= 4 is 15.9 Å². The van der Waals surface area contributed by atoms with Crippen molar-refractivity contribution in [2.24, 2.45) is 5.92 Å². The van der Waals surface area contributed by atoms with E-state index in [0.29, 0.717) is 18.7 Å². The van der Waals surface area contributed by atoms with Crippen molar-refractivity contribution in [3.63, 3.8) is 0 Å². The Morgan fingerprint density at radius 3 is 2.15 bits per heavy atom. The number of ether oxygens (including phenoxy) is 1. The Kier molecular flexibility index (Phi) is 10.3. The normalized spacial score (nSPS) is 12.7. The summed E-state index contributed by atoms with van der Waals surface area (Å²) in [6, 6.07) is 13.2. The first kappa shape index (κ1) is 26.8. The fourth-order valence-electron chi connectivity index (χ4n) is 3.57. The lowest BCUT2D eigenvalue weighted by molar-refractivity contribution is -0.123. The zero-order valence-corrected chi connectivity index (χ0v) is 21.1. The first-order valence-electron chi connectivity index (χ1n) is 11.4. The second-order valence-corrected chi connectivity index (χ2v) is 10.1. The topological polar surface area (TPSA) is 87.7 Å². The molecule has 0 saturated carbocycles. The minimum absolute atomic E-state index is 0.0921. The van der Waals surface area contributed by atoms with Crippen molar-refractivity contribution in [1.29, 1.82) is 0 Å². The number of benzene rings is 2. The number of rotatable bonds is 13. The van der Waals surface area contributed by atoms with Gasteiger partial charge >= 0.3 is 0 Å². The highest BCUT2D eigenvalue weighted by Crippen LogP contribution is 2.17. The number of sulfonamides is 1. The molecule has 0 aliphatic rings. The standard InChI is InChI=1S/C25H37N3O4S/c1-6-28(7-2)18-21-11-9-8-10-20(21)17-26-25(29)24(16-19(3)4)27-33(30,31)23-14-12-22(32-5)13-15-23/h8-15,19,24,27H,6-7,16-18H2,1-5H3,(H,26,29). The van der Waals surface area contributed by atoms with Gasteiger partial charge in [0.1, 0.15) is 11.8 Å². The Labute approximate surface area is 198 Å². The molecular weight excluding hydrogens is 438 g/mol. The zero-order valence-electron chi connectivity index (χ0n) is 20.3. The van der Waals surface area contributed by atoms with E-state index >= 15 is 0 Å². The van der Waals surface area contributed by atoms with E-state index in [2.05, 4.69) is 34.9 Å². The number of hydrogen-bond donors (Lipinski definition) is 2. The van der Waals surface area contributed by atoms with Gasteiger partial charge in [-0.25, -0.2) is 8.42 Å². The summed E-state index contributed by atoms with van der Waals surface area (Å²) in [6.45, 7) is 11.2. The first-order valence-corrected chi connectivity index (χ1v) is 12.9. The molecule has 0 spiro atoms. The molecule has 8 heteroatoms. The van der Waals surface area contributed by atoms with Crippen LogP contribution in [-0.2, 0) is 27.9 Å². The van der Waals surface area contributed by atoms with E-state index in [1.807, 2.05) is 32.0 Å². The number of hydrogen-bond acceptors (Lipinski definition) is 5. The predicted molar refractivity (Wildman–Crippen MR) is 131 cm³/mol. The highest BCUT2D eigenvalue weighted by atomic mass is 32.2. The molecule has 182 valence electrons. The van der Waals surface area contributed by atoms with Crippen molar-refractivity contribution in [2.75, 3.05) is 20.2 Å². The van der Waals surface area contributed by atoms with E-state index in [4.69, 9.17) is 4.74 Å². The van der Waals surface area contributed by atoms with Crippen molar-refractivity contribution in [2.45, 2.75) is 58.1 Å². The van der Waals surface area contributed by atoms with Crippen LogP contribution in [0.15, 0.2) is 53.4 Å². The van der Waals surface area contributed by atoms with Crippen molar-refractivity contribution in [3.05, 3.63) is 59.7 Å². The molecule has 2 N–H and O–H groups in total. The number of amides is 1. The molecule has 1 atom stereocenters. The average molecular weight is 476 g/mol. The fourth-order valence-corrected chi connectivity index (χ4v) is 4.78. The maximum atomic E-state index is 13.0. The number of methoxy groups -OCH3 is 1. The lowest BCUT2D eigenvalue weighted by Gasteiger charge is -2.22. The second kappa shape index (κ2) is 12.7. The van der Waals surface area contributed by atoms with Gasteiger partial charge in [0.15, 0.2) is 0 Å². The van der Waals surface area contributed by atoms with Gasteiger partial charge in [0, 0.05) is 13.1 Å². The third kappa shape index (κ3) is 8.14. The maximum Gasteiger partial charge on any atom is 0.241 e. The van der Waals surface area contributed by atoms with Gasteiger partial charge in [0.25, 0.3) is 0 Å². The molecule has 2 rings (SSSR count). The summed E-state index contributed by atoms with van der Waals surface area (Å²) >= 11 is 0. The van der Waals surface area contributed by atoms with Crippen molar-refractivity contribution in [3.8, 4) is 5.75 Å². The molecule has 0 aliphatic heterocycles. The van der Waals surface area contributed by atoms with E-state index in [9.17, 15) is 13.2 Å². The quantitative estimate of drug-likeness (QED) is 0.463. The smallest absolute Gasteiger partial charge is 0.241 e. The summed E-state index contributed by atoms with van der Waals surface area (Å²) < 4.78 is 33.5. The van der Waals surface area contributed by atoms with E-state index in [-0.39, 0.29) is 16.7 Å². The molecule has 0 fully saturated rings. The van der Waals surface area contributed by atoms with Gasteiger partial charge in [-0.15, -0.1) is 0 Å². The largest absolute Gasteiger partial charge is 0.497 e. The molecule has 0 heterocycles. The Morgan fingerprint density at radius 1 is 1.00 bits per heavy atom. The van der Waals surface area contributed by atoms with Crippen molar-refractivity contribution in [1.82, 2.24) is 14.9 Å². The molecule has 7 nitrogen and oxygen atoms in total. The van der Waals surface area contributed by atoms with Gasteiger partial charge in [-0.2, -0.15) is 4.72 Å². The first-order chi connectivity index (χ1) is 15.7. The highest BCUT2D eigenvalue weighted by molar-refractivity contribution is 7.89. The summed E-state index contributed by atoms with van der Waals surface area (Å²) in [5.74, 6) is 0.362. The maximum absolute atomic E-state index is 13.0. The van der Waals surface area contributed by atoms with Crippen LogP contribution in [0.4, 0.5) is 0 Å². The molecule has 0 radical (unpaired) electrons. The van der Waals surface area contributed by atoms with Gasteiger partial charge in [0.05, 0.1) is 12.0 Å². The summed E-state index contributed by atoms with van der Waals surface area (Å²) in [4.78, 5) is 15.4. The van der Waals surface area contributed by atoms with E-state index in [1.54, 1.807) is 12.1 Å². The number of carbonyl (C=O) groups excluding carboxylic acids is 1. The molecule has 2 aromatic rings. The van der Waals surface area contributed by atoms with Crippen molar-refractivity contribution < 1.29 is 17.9 Å². The lowest BCUT2D eigenvalue weighted by Crippen LogP contribution is -2.47. The third-order valence-corrected chi connectivity index (χ3v) is 7.04. The van der Waals surface area contributed by atoms with Gasteiger partial charge in [0.2, 0.25) is 15.9 Å². The Hall–Kier alpha value is -2.42. The molecular formula is C25H37N3O4S. The SMILES string of the molecule is CCN(CC)Cc1ccccc1CNC(=O)C(CC(C)C)NS(=O)(=O)c1ccc(OC)cc1. The molecule has 0 aromatic heterocycles. The average Bonchev–Trinajstić information content (AvgIpc) is 2.80. The van der Waals surface area contributed by atoms with Crippen LogP contribution in [-0.4, -0.2) is 45.5 Å². The zero-order chi connectivity index (χ0) is 24.4. The Balaban J connectivity index is 2.13. The van der Waals surface area contributed by atoms with Crippen LogP contribution >= 0.6 is 0 Å². The summed E-state index contributed by atoms with van der Waals surface area (Å²) in [6.07, 6.45) is 0.391. The van der Waals surface area contributed by atoms with Crippen LogP contribution in [0.5, 0.6) is 5.75 Å². The van der Waals surface area contributed by atoms with E-state index in [0.717, 1.165) is 30.8 Å². The molecule has 1 unspecified atom stereocenters. The number of nitrogens with zero attached hydrogens (tertiary/aromatic N) is 1. The monoisotopic (exact) mass is 475 g/mol. The van der Waals surface area contributed by atoms with Gasteiger partial charge in [-0.1, -0.05) is 52.0 Å². The minimum Gasteiger partial charge on any atom is -0.497 e. The molecule has 1 amide bonds. The molecule has 0 aliphatic carbocycles. The Bertz CT molecular complexity index is 987. The molecule has 0 saturated heterocycles.